The molecule has 1 fully saturated rings. The summed E-state index contributed by atoms with van der Waals surface area (Å²) in [5.74, 6) is 1.73. The standard InChI is InChI=1S/C22H20ClN5O5/c1-5-16-18(31-12(3)29)19(32-13(4)30)22(33-16)28-10-26-17-20(24-9-25-21(17)28)27-15-7-6-14(23)8-11(15)2/h1,6-10,16,18-19,22H,2-4H3,(H,24,25,27)/t16-,18+,19-,22-/m1/s1. The van der Waals surface area contributed by atoms with Gasteiger partial charge in [-0.15, -0.1) is 6.42 Å². The summed E-state index contributed by atoms with van der Waals surface area (Å²) in [6.07, 6.45) is 4.57. The van der Waals surface area contributed by atoms with Gasteiger partial charge in [0, 0.05) is 24.6 Å². The van der Waals surface area contributed by atoms with E-state index in [1.165, 1.54) is 26.5 Å². The highest BCUT2D eigenvalue weighted by atomic mass is 35.5. The van der Waals surface area contributed by atoms with Crippen molar-refractivity contribution in [2.24, 2.45) is 0 Å². The zero-order chi connectivity index (χ0) is 23.7. The Morgan fingerprint density at radius 2 is 1.91 bits per heavy atom. The van der Waals surface area contributed by atoms with Gasteiger partial charge in [0.2, 0.25) is 0 Å². The molecule has 1 saturated heterocycles. The van der Waals surface area contributed by atoms with E-state index in [2.05, 4.69) is 26.2 Å². The van der Waals surface area contributed by atoms with Crippen molar-refractivity contribution < 1.29 is 23.8 Å². The molecule has 0 aliphatic carbocycles. The van der Waals surface area contributed by atoms with Gasteiger partial charge in [0.1, 0.15) is 6.33 Å². The average Bonchev–Trinajstić information content (AvgIpc) is 3.31. The molecule has 10 nitrogen and oxygen atoms in total. The number of hydrogen-bond acceptors (Lipinski definition) is 9. The summed E-state index contributed by atoms with van der Waals surface area (Å²) in [4.78, 5) is 36.4. The molecule has 1 N–H and O–H groups in total. The van der Waals surface area contributed by atoms with Crippen LogP contribution in [0.5, 0.6) is 0 Å². The molecule has 3 heterocycles. The van der Waals surface area contributed by atoms with E-state index in [1.54, 1.807) is 10.6 Å². The van der Waals surface area contributed by atoms with Crippen LogP contribution in [0.15, 0.2) is 30.9 Å². The Labute approximate surface area is 194 Å². The number of aryl methyl sites for hydroxylation is 1. The Kier molecular flexibility index (Phi) is 6.18. The second kappa shape index (κ2) is 9.05. The first-order chi connectivity index (χ1) is 15.8. The predicted molar refractivity (Wildman–Crippen MR) is 119 cm³/mol. The van der Waals surface area contributed by atoms with E-state index in [-0.39, 0.29) is 0 Å². The van der Waals surface area contributed by atoms with Gasteiger partial charge in [-0.3, -0.25) is 14.2 Å². The summed E-state index contributed by atoms with van der Waals surface area (Å²) in [5.41, 5.74) is 2.57. The predicted octanol–water partition coefficient (Wildman–Crippen LogP) is 2.93. The van der Waals surface area contributed by atoms with Gasteiger partial charge in [0.25, 0.3) is 0 Å². The normalized spacial score (nSPS) is 22.0. The van der Waals surface area contributed by atoms with Crippen LogP contribution in [-0.4, -0.2) is 49.8 Å². The van der Waals surface area contributed by atoms with Crippen molar-refractivity contribution in [2.45, 2.75) is 45.3 Å². The van der Waals surface area contributed by atoms with Crippen LogP contribution in [0.25, 0.3) is 11.2 Å². The van der Waals surface area contributed by atoms with Gasteiger partial charge >= 0.3 is 11.9 Å². The number of imidazole rings is 1. The first-order valence-corrected chi connectivity index (χ1v) is 10.3. The number of benzene rings is 1. The number of fused-ring (bicyclic) bond motifs is 1. The summed E-state index contributed by atoms with van der Waals surface area (Å²) in [6.45, 7) is 4.40. The van der Waals surface area contributed by atoms with Crippen LogP contribution in [-0.2, 0) is 23.8 Å². The summed E-state index contributed by atoms with van der Waals surface area (Å²) < 4.78 is 18.2. The molecule has 0 spiro atoms. The lowest BCUT2D eigenvalue weighted by molar-refractivity contribution is -0.165. The van der Waals surface area contributed by atoms with Gasteiger partial charge in [-0.25, -0.2) is 15.0 Å². The number of esters is 2. The highest BCUT2D eigenvalue weighted by molar-refractivity contribution is 6.30. The van der Waals surface area contributed by atoms with Crippen LogP contribution in [0, 0.1) is 19.3 Å². The number of aromatic nitrogens is 4. The Balaban J connectivity index is 1.73. The van der Waals surface area contributed by atoms with Crippen molar-refractivity contribution in [2.75, 3.05) is 5.32 Å². The smallest absolute Gasteiger partial charge is 0.303 e. The molecule has 1 aliphatic heterocycles. The Hall–Kier alpha value is -3.68. The molecule has 170 valence electrons. The van der Waals surface area contributed by atoms with Crippen LogP contribution >= 0.6 is 11.6 Å². The number of hydrogen-bond donors (Lipinski definition) is 1. The summed E-state index contributed by atoms with van der Waals surface area (Å²) >= 11 is 6.04. The quantitative estimate of drug-likeness (QED) is 0.444. The Morgan fingerprint density at radius 3 is 2.58 bits per heavy atom. The van der Waals surface area contributed by atoms with E-state index in [1.807, 2.05) is 19.1 Å². The number of carbonyl (C=O) groups excluding carboxylic acids is 2. The number of ether oxygens (including phenoxy) is 3. The zero-order valence-electron chi connectivity index (χ0n) is 18.0. The van der Waals surface area contributed by atoms with E-state index in [0.29, 0.717) is 22.0 Å². The first kappa shape index (κ1) is 22.5. The second-order valence-electron chi connectivity index (χ2n) is 7.39. The van der Waals surface area contributed by atoms with Gasteiger partial charge in [-0.05, 0) is 30.7 Å². The lowest BCUT2D eigenvalue weighted by atomic mass is 10.1. The minimum Gasteiger partial charge on any atom is -0.455 e. The van der Waals surface area contributed by atoms with Crippen LogP contribution in [0.3, 0.4) is 0 Å². The molecule has 2 aromatic heterocycles. The molecule has 0 radical (unpaired) electrons. The highest BCUT2D eigenvalue weighted by Crippen LogP contribution is 2.36. The minimum atomic E-state index is -1.00. The molecule has 1 aromatic carbocycles. The molecule has 1 aliphatic rings. The van der Waals surface area contributed by atoms with Crippen molar-refractivity contribution in [3.8, 4) is 12.3 Å². The zero-order valence-corrected chi connectivity index (χ0v) is 18.7. The molecular formula is C22H20ClN5O5. The van der Waals surface area contributed by atoms with E-state index < -0.39 is 36.5 Å². The van der Waals surface area contributed by atoms with Crippen molar-refractivity contribution in [3.63, 3.8) is 0 Å². The fraction of sp³-hybridized carbons (Fsp3) is 0.318. The number of terminal acetylenes is 1. The number of rotatable bonds is 5. The lowest BCUT2D eigenvalue weighted by Gasteiger charge is -2.23. The highest BCUT2D eigenvalue weighted by Gasteiger charge is 2.50. The number of carbonyl (C=O) groups is 2. The maximum atomic E-state index is 11.8. The monoisotopic (exact) mass is 469 g/mol. The van der Waals surface area contributed by atoms with Gasteiger partial charge in [0.05, 0.1) is 6.33 Å². The molecule has 33 heavy (non-hydrogen) atoms. The molecule has 0 saturated carbocycles. The second-order valence-corrected chi connectivity index (χ2v) is 7.83. The van der Waals surface area contributed by atoms with E-state index in [9.17, 15) is 9.59 Å². The topological polar surface area (TPSA) is 117 Å². The molecule has 11 heteroatoms. The lowest BCUT2D eigenvalue weighted by Crippen LogP contribution is -2.38. The van der Waals surface area contributed by atoms with Gasteiger partial charge in [-0.1, -0.05) is 17.5 Å². The minimum absolute atomic E-state index is 0.403. The molecular weight excluding hydrogens is 450 g/mol. The van der Waals surface area contributed by atoms with E-state index >= 15 is 0 Å². The fourth-order valence-corrected chi connectivity index (χ4v) is 3.89. The third-order valence-electron chi connectivity index (χ3n) is 5.03. The van der Waals surface area contributed by atoms with Crippen molar-refractivity contribution in [1.82, 2.24) is 19.5 Å². The van der Waals surface area contributed by atoms with Crippen molar-refractivity contribution in [3.05, 3.63) is 41.4 Å². The average molecular weight is 470 g/mol. The molecule has 4 atom stereocenters. The summed E-state index contributed by atoms with van der Waals surface area (Å²) in [7, 11) is 0. The van der Waals surface area contributed by atoms with Crippen molar-refractivity contribution in [1.29, 1.82) is 0 Å². The summed E-state index contributed by atoms with van der Waals surface area (Å²) in [6, 6.07) is 5.42. The summed E-state index contributed by atoms with van der Waals surface area (Å²) in [5, 5.41) is 3.85. The molecule has 0 unspecified atom stereocenters. The molecule has 4 rings (SSSR count). The third-order valence-corrected chi connectivity index (χ3v) is 5.27. The van der Waals surface area contributed by atoms with Crippen LogP contribution in [0.4, 0.5) is 11.5 Å². The van der Waals surface area contributed by atoms with Crippen LogP contribution < -0.4 is 5.32 Å². The van der Waals surface area contributed by atoms with E-state index in [0.717, 1.165) is 11.3 Å². The molecule has 0 amide bonds. The van der Waals surface area contributed by atoms with Gasteiger partial charge in [0.15, 0.2) is 41.5 Å². The molecule has 0 bridgehead atoms. The Bertz CT molecular complexity index is 1270. The van der Waals surface area contributed by atoms with Crippen LogP contribution in [0.1, 0.15) is 25.6 Å². The Morgan fingerprint density at radius 1 is 1.18 bits per heavy atom. The first-order valence-electron chi connectivity index (χ1n) is 9.95. The largest absolute Gasteiger partial charge is 0.455 e. The maximum absolute atomic E-state index is 11.8. The van der Waals surface area contributed by atoms with Crippen molar-refractivity contribution >= 4 is 46.2 Å². The van der Waals surface area contributed by atoms with Gasteiger partial charge in [-0.2, -0.15) is 0 Å². The molecule has 3 aromatic rings. The number of anilines is 2. The SMILES string of the molecule is C#C[C@H]1O[C@@H](n2cnc3c(Nc4ccc(Cl)cc4C)ncnc32)[C@H](OC(C)=O)[C@H]1OC(C)=O. The number of halogens is 1. The van der Waals surface area contributed by atoms with E-state index in [4.69, 9.17) is 32.2 Å². The van der Waals surface area contributed by atoms with Crippen LogP contribution in [0.2, 0.25) is 5.02 Å². The van der Waals surface area contributed by atoms with Gasteiger partial charge < -0.3 is 19.5 Å². The number of nitrogens with one attached hydrogen (secondary N) is 1. The number of nitrogens with zero attached hydrogens (tertiary/aromatic N) is 4. The maximum Gasteiger partial charge on any atom is 0.303 e. The third kappa shape index (κ3) is 4.46. The fourth-order valence-electron chi connectivity index (χ4n) is 3.66.